The smallest absolute Gasteiger partial charge is 0.303 e. The van der Waals surface area contributed by atoms with Gasteiger partial charge in [-0.2, -0.15) is 0 Å². The van der Waals surface area contributed by atoms with Crippen molar-refractivity contribution < 1.29 is 14.6 Å². The molecule has 1 unspecified atom stereocenters. The molecule has 0 bridgehead atoms. The summed E-state index contributed by atoms with van der Waals surface area (Å²) in [5, 5.41) is 8.58. The summed E-state index contributed by atoms with van der Waals surface area (Å²) in [7, 11) is 1.86. The molecule has 0 aromatic heterocycles. The first kappa shape index (κ1) is 23.4. The molecule has 1 atom stereocenters. The second-order valence-corrected chi connectivity index (χ2v) is 7.17. The van der Waals surface area contributed by atoms with Gasteiger partial charge in [-0.25, -0.2) is 0 Å². The van der Waals surface area contributed by atoms with E-state index in [1.807, 2.05) is 7.11 Å². The molecular weight excluding hydrogens is 300 g/mol. The highest BCUT2D eigenvalue weighted by Gasteiger charge is 2.06. The molecule has 0 aromatic carbocycles. The number of rotatable bonds is 19. The fourth-order valence-electron chi connectivity index (χ4n) is 3.24. The molecule has 1 N–H and O–H groups in total. The normalized spacial score (nSPS) is 12.4. The maximum absolute atomic E-state index is 10.4. The number of methoxy groups -OCH3 is 1. The standard InChI is InChI=1S/C21H42O3/c1-3-4-5-6-8-11-14-17-20(24-2)18-15-12-9-7-10-13-16-19-21(22)23/h20H,3-19H2,1-2H3,(H,22,23). The number of hydrogen-bond acceptors (Lipinski definition) is 2. The van der Waals surface area contributed by atoms with Crippen LogP contribution in [0.3, 0.4) is 0 Å². The Morgan fingerprint density at radius 2 is 1.17 bits per heavy atom. The average molecular weight is 343 g/mol. The van der Waals surface area contributed by atoms with Crippen molar-refractivity contribution in [3.63, 3.8) is 0 Å². The van der Waals surface area contributed by atoms with Gasteiger partial charge in [0, 0.05) is 13.5 Å². The van der Waals surface area contributed by atoms with E-state index >= 15 is 0 Å². The van der Waals surface area contributed by atoms with E-state index in [1.165, 1.54) is 89.9 Å². The third-order valence-corrected chi connectivity index (χ3v) is 4.88. The number of aliphatic carboxylic acids is 1. The molecule has 24 heavy (non-hydrogen) atoms. The second kappa shape index (κ2) is 18.8. The van der Waals surface area contributed by atoms with E-state index in [9.17, 15) is 4.79 Å². The maximum atomic E-state index is 10.4. The Morgan fingerprint density at radius 1 is 0.750 bits per heavy atom. The van der Waals surface area contributed by atoms with Crippen molar-refractivity contribution in [2.75, 3.05) is 7.11 Å². The summed E-state index contributed by atoms with van der Waals surface area (Å²) in [5.41, 5.74) is 0. The van der Waals surface area contributed by atoms with Gasteiger partial charge in [0.2, 0.25) is 0 Å². The molecule has 0 amide bonds. The van der Waals surface area contributed by atoms with Crippen LogP contribution in [0.4, 0.5) is 0 Å². The lowest BCUT2D eigenvalue weighted by molar-refractivity contribution is -0.137. The Morgan fingerprint density at radius 3 is 1.58 bits per heavy atom. The van der Waals surface area contributed by atoms with Crippen molar-refractivity contribution >= 4 is 5.97 Å². The summed E-state index contributed by atoms with van der Waals surface area (Å²) in [6.07, 6.45) is 20.9. The van der Waals surface area contributed by atoms with Crippen LogP contribution in [0.15, 0.2) is 0 Å². The van der Waals surface area contributed by atoms with Gasteiger partial charge in [0.25, 0.3) is 0 Å². The molecule has 0 rings (SSSR count). The van der Waals surface area contributed by atoms with Gasteiger partial charge in [-0.15, -0.1) is 0 Å². The highest BCUT2D eigenvalue weighted by Crippen LogP contribution is 2.16. The van der Waals surface area contributed by atoms with Crippen LogP contribution >= 0.6 is 0 Å². The van der Waals surface area contributed by atoms with E-state index in [0.717, 1.165) is 12.8 Å². The topological polar surface area (TPSA) is 46.5 Å². The molecule has 0 spiro atoms. The first-order chi connectivity index (χ1) is 11.7. The van der Waals surface area contributed by atoms with Gasteiger partial charge in [0.05, 0.1) is 6.10 Å². The van der Waals surface area contributed by atoms with E-state index in [2.05, 4.69) is 6.92 Å². The fraction of sp³-hybridized carbons (Fsp3) is 0.952. The summed E-state index contributed by atoms with van der Waals surface area (Å²) < 4.78 is 5.62. The highest BCUT2D eigenvalue weighted by atomic mass is 16.5. The molecule has 3 heteroatoms. The zero-order chi connectivity index (χ0) is 17.9. The maximum Gasteiger partial charge on any atom is 0.303 e. The van der Waals surface area contributed by atoms with Crippen molar-refractivity contribution in [1.82, 2.24) is 0 Å². The molecule has 0 saturated carbocycles. The van der Waals surface area contributed by atoms with E-state index in [-0.39, 0.29) is 0 Å². The monoisotopic (exact) mass is 342 g/mol. The van der Waals surface area contributed by atoms with Gasteiger partial charge in [0.1, 0.15) is 0 Å². The largest absolute Gasteiger partial charge is 0.481 e. The molecule has 144 valence electrons. The molecule has 0 aliphatic carbocycles. The lowest BCUT2D eigenvalue weighted by Gasteiger charge is -2.15. The minimum Gasteiger partial charge on any atom is -0.481 e. The van der Waals surface area contributed by atoms with Crippen LogP contribution in [-0.4, -0.2) is 24.3 Å². The summed E-state index contributed by atoms with van der Waals surface area (Å²) >= 11 is 0. The van der Waals surface area contributed by atoms with Crippen LogP contribution in [-0.2, 0) is 9.53 Å². The summed E-state index contributed by atoms with van der Waals surface area (Å²) in [6.45, 7) is 2.27. The number of carboxylic acid groups (broad SMARTS) is 1. The number of carboxylic acids is 1. The third-order valence-electron chi connectivity index (χ3n) is 4.88. The van der Waals surface area contributed by atoms with Crippen molar-refractivity contribution in [2.24, 2.45) is 0 Å². The number of hydrogen-bond donors (Lipinski definition) is 1. The van der Waals surface area contributed by atoms with E-state index in [1.54, 1.807) is 0 Å². The van der Waals surface area contributed by atoms with Crippen LogP contribution < -0.4 is 0 Å². The van der Waals surface area contributed by atoms with Crippen LogP contribution in [0.1, 0.15) is 116 Å². The Labute approximate surface area is 150 Å². The van der Waals surface area contributed by atoms with E-state index in [0.29, 0.717) is 12.5 Å². The lowest BCUT2D eigenvalue weighted by atomic mass is 10.0. The zero-order valence-electron chi connectivity index (χ0n) is 16.4. The fourth-order valence-corrected chi connectivity index (χ4v) is 3.24. The predicted octanol–water partition coefficient (Wildman–Crippen LogP) is 6.74. The van der Waals surface area contributed by atoms with Crippen molar-refractivity contribution in [3.8, 4) is 0 Å². The van der Waals surface area contributed by atoms with Gasteiger partial charge in [-0.05, 0) is 19.3 Å². The molecule has 0 aromatic rings. The number of carbonyl (C=O) groups is 1. The molecule has 0 fully saturated rings. The zero-order valence-corrected chi connectivity index (χ0v) is 16.4. The number of ether oxygens (including phenoxy) is 1. The lowest BCUT2D eigenvalue weighted by Crippen LogP contribution is -2.10. The third kappa shape index (κ3) is 17.8. The molecular formula is C21H42O3. The number of unbranched alkanes of at least 4 members (excludes halogenated alkanes) is 12. The van der Waals surface area contributed by atoms with Crippen LogP contribution in [0, 0.1) is 0 Å². The van der Waals surface area contributed by atoms with Crippen molar-refractivity contribution in [3.05, 3.63) is 0 Å². The van der Waals surface area contributed by atoms with Crippen molar-refractivity contribution in [1.29, 1.82) is 0 Å². The molecule has 0 heterocycles. The minimum atomic E-state index is -0.665. The molecule has 0 saturated heterocycles. The summed E-state index contributed by atoms with van der Waals surface area (Å²) in [4.78, 5) is 10.4. The first-order valence-corrected chi connectivity index (χ1v) is 10.4. The average Bonchev–Trinajstić information content (AvgIpc) is 2.57. The molecule has 0 radical (unpaired) electrons. The molecule has 0 aliphatic rings. The Bertz CT molecular complexity index is 266. The van der Waals surface area contributed by atoms with Crippen molar-refractivity contribution in [2.45, 2.75) is 122 Å². The molecule has 0 aliphatic heterocycles. The Kier molecular flexibility index (Phi) is 18.3. The second-order valence-electron chi connectivity index (χ2n) is 7.17. The summed E-state index contributed by atoms with van der Waals surface area (Å²) in [6, 6.07) is 0. The van der Waals surface area contributed by atoms with Crippen LogP contribution in [0.2, 0.25) is 0 Å². The summed E-state index contributed by atoms with van der Waals surface area (Å²) in [5.74, 6) is -0.665. The van der Waals surface area contributed by atoms with Gasteiger partial charge in [-0.3, -0.25) is 4.79 Å². The van der Waals surface area contributed by atoms with Crippen LogP contribution in [0.25, 0.3) is 0 Å². The van der Waals surface area contributed by atoms with Gasteiger partial charge in [0.15, 0.2) is 0 Å². The Hall–Kier alpha value is -0.570. The molecule has 3 nitrogen and oxygen atoms in total. The first-order valence-electron chi connectivity index (χ1n) is 10.4. The van der Waals surface area contributed by atoms with Gasteiger partial charge in [-0.1, -0.05) is 90.4 Å². The predicted molar refractivity (Wildman–Crippen MR) is 103 cm³/mol. The van der Waals surface area contributed by atoms with Gasteiger partial charge < -0.3 is 9.84 Å². The Balaban J connectivity index is 3.32. The van der Waals surface area contributed by atoms with E-state index < -0.39 is 5.97 Å². The van der Waals surface area contributed by atoms with Gasteiger partial charge >= 0.3 is 5.97 Å². The minimum absolute atomic E-state index is 0.328. The SMILES string of the molecule is CCCCCCCCCC(CCCCCCCCCC(=O)O)OC. The quantitative estimate of drug-likeness (QED) is 0.264. The van der Waals surface area contributed by atoms with E-state index in [4.69, 9.17) is 9.84 Å². The van der Waals surface area contributed by atoms with Crippen LogP contribution in [0.5, 0.6) is 0 Å². The highest BCUT2D eigenvalue weighted by molar-refractivity contribution is 5.66.